The van der Waals surface area contributed by atoms with E-state index in [0.717, 1.165) is 37.5 Å². The van der Waals surface area contributed by atoms with Crippen molar-refractivity contribution in [3.8, 4) is 0 Å². The van der Waals surface area contributed by atoms with Crippen molar-refractivity contribution in [3.63, 3.8) is 0 Å². The van der Waals surface area contributed by atoms with Gasteiger partial charge in [0.1, 0.15) is 0 Å². The van der Waals surface area contributed by atoms with Crippen LogP contribution in [0.25, 0.3) is 0 Å². The van der Waals surface area contributed by atoms with Crippen LogP contribution in [0.4, 0.5) is 0 Å². The molecule has 1 aliphatic rings. The van der Waals surface area contributed by atoms with Crippen LogP contribution in [0.3, 0.4) is 0 Å². The lowest BCUT2D eigenvalue weighted by atomic mass is 9.78. The number of hydrogen-bond donors (Lipinski definition) is 2. The van der Waals surface area contributed by atoms with Crippen molar-refractivity contribution >= 4 is 11.9 Å². The fraction of sp³-hybridized carbons (Fsp3) is 0.923. The van der Waals surface area contributed by atoms with E-state index < -0.39 is 11.9 Å². The topological polar surface area (TPSA) is 74.6 Å². The maximum Gasteiger partial charge on any atom is 0.303 e. The highest BCUT2D eigenvalue weighted by Crippen LogP contribution is 2.34. The van der Waals surface area contributed by atoms with Gasteiger partial charge in [-0.15, -0.1) is 0 Å². The Balaban J connectivity index is 1.83. The smallest absolute Gasteiger partial charge is 0.303 e. The van der Waals surface area contributed by atoms with Crippen LogP contribution in [0.1, 0.15) is 141 Å². The monoisotopic (exact) mass is 424 g/mol. The van der Waals surface area contributed by atoms with Crippen LogP contribution in [0.2, 0.25) is 0 Å². The molecule has 2 N–H and O–H groups in total. The SMILES string of the molecule is O=C(O)CCCCCCCCCC1CCC(CCCCCCCCCC(=O)O)CC1. The van der Waals surface area contributed by atoms with Crippen molar-refractivity contribution < 1.29 is 19.8 Å². The van der Waals surface area contributed by atoms with Gasteiger partial charge in [-0.05, 0) is 24.7 Å². The summed E-state index contributed by atoms with van der Waals surface area (Å²) in [7, 11) is 0. The fourth-order valence-corrected chi connectivity index (χ4v) is 5.00. The number of hydrogen-bond acceptors (Lipinski definition) is 2. The zero-order valence-electron chi connectivity index (χ0n) is 19.4. The molecule has 176 valence electrons. The molecule has 1 rings (SSSR count). The molecule has 30 heavy (non-hydrogen) atoms. The molecule has 0 aromatic heterocycles. The molecule has 1 aliphatic carbocycles. The van der Waals surface area contributed by atoms with Gasteiger partial charge in [0.05, 0.1) is 0 Å². The first-order valence-electron chi connectivity index (χ1n) is 13.0. The van der Waals surface area contributed by atoms with Crippen molar-refractivity contribution in [1.29, 1.82) is 0 Å². The summed E-state index contributed by atoms with van der Waals surface area (Å²) in [5.74, 6) is 0.628. The van der Waals surface area contributed by atoms with Crippen LogP contribution in [-0.4, -0.2) is 22.2 Å². The highest BCUT2D eigenvalue weighted by atomic mass is 16.4. The van der Waals surface area contributed by atoms with Crippen LogP contribution in [0.5, 0.6) is 0 Å². The van der Waals surface area contributed by atoms with E-state index in [-0.39, 0.29) is 0 Å². The third-order valence-corrected chi connectivity index (χ3v) is 6.97. The van der Waals surface area contributed by atoms with Crippen LogP contribution < -0.4 is 0 Å². The average Bonchev–Trinajstić information content (AvgIpc) is 2.72. The summed E-state index contributed by atoms with van der Waals surface area (Å²) in [5, 5.41) is 17.2. The molecule has 4 heteroatoms. The number of carbonyl (C=O) groups is 2. The zero-order valence-corrected chi connectivity index (χ0v) is 19.4. The molecule has 0 saturated heterocycles. The highest BCUT2D eigenvalue weighted by Gasteiger charge is 2.20. The number of carboxylic acid groups (broad SMARTS) is 2. The minimum absolute atomic E-state index is 0.332. The molecule has 0 spiro atoms. The lowest BCUT2D eigenvalue weighted by Crippen LogP contribution is -2.14. The minimum atomic E-state index is -0.661. The molecule has 0 heterocycles. The maximum absolute atomic E-state index is 10.5. The van der Waals surface area contributed by atoms with E-state index in [1.54, 1.807) is 0 Å². The van der Waals surface area contributed by atoms with Crippen molar-refractivity contribution in [1.82, 2.24) is 0 Å². The van der Waals surface area contributed by atoms with Crippen molar-refractivity contribution in [3.05, 3.63) is 0 Å². The maximum atomic E-state index is 10.5. The Kier molecular flexibility index (Phi) is 16.8. The molecule has 0 radical (unpaired) electrons. The first-order chi connectivity index (χ1) is 14.6. The molecule has 1 fully saturated rings. The van der Waals surface area contributed by atoms with Gasteiger partial charge in [0.2, 0.25) is 0 Å². The number of unbranched alkanes of at least 4 members (excludes halogenated alkanes) is 12. The molecule has 0 atom stereocenters. The van der Waals surface area contributed by atoms with E-state index in [9.17, 15) is 9.59 Å². The van der Waals surface area contributed by atoms with Gasteiger partial charge in [-0.3, -0.25) is 9.59 Å². The molecule has 0 aromatic carbocycles. The molecule has 1 saturated carbocycles. The van der Waals surface area contributed by atoms with Gasteiger partial charge >= 0.3 is 11.9 Å². The van der Waals surface area contributed by atoms with Gasteiger partial charge in [0.15, 0.2) is 0 Å². The van der Waals surface area contributed by atoms with Crippen LogP contribution in [0, 0.1) is 11.8 Å². The summed E-state index contributed by atoms with van der Waals surface area (Å²) in [4.78, 5) is 20.9. The number of carboxylic acids is 2. The van der Waals surface area contributed by atoms with Crippen LogP contribution in [0.15, 0.2) is 0 Å². The number of aliphatic carboxylic acids is 2. The van der Waals surface area contributed by atoms with Crippen molar-refractivity contribution in [2.45, 2.75) is 141 Å². The van der Waals surface area contributed by atoms with Gasteiger partial charge < -0.3 is 10.2 Å². The predicted octanol–water partition coefficient (Wildman–Crippen LogP) is 7.98. The van der Waals surface area contributed by atoms with Gasteiger partial charge in [-0.25, -0.2) is 0 Å². The molecule has 0 aromatic rings. The first-order valence-corrected chi connectivity index (χ1v) is 13.0. The Morgan fingerprint density at radius 3 is 1.03 bits per heavy atom. The van der Waals surface area contributed by atoms with E-state index in [1.807, 2.05) is 0 Å². The quantitative estimate of drug-likeness (QED) is 0.194. The summed E-state index contributed by atoms with van der Waals surface area (Å²) in [5.41, 5.74) is 0. The minimum Gasteiger partial charge on any atom is -0.481 e. The Morgan fingerprint density at radius 2 is 0.733 bits per heavy atom. The van der Waals surface area contributed by atoms with Crippen molar-refractivity contribution in [2.24, 2.45) is 11.8 Å². The van der Waals surface area contributed by atoms with Gasteiger partial charge in [0.25, 0.3) is 0 Å². The van der Waals surface area contributed by atoms with Crippen LogP contribution in [-0.2, 0) is 9.59 Å². The largest absolute Gasteiger partial charge is 0.481 e. The third kappa shape index (κ3) is 16.7. The highest BCUT2D eigenvalue weighted by molar-refractivity contribution is 5.66. The molecule has 0 aliphatic heterocycles. The summed E-state index contributed by atoms with van der Waals surface area (Å²) in [6, 6.07) is 0. The van der Waals surface area contributed by atoms with E-state index in [4.69, 9.17) is 10.2 Å². The summed E-state index contributed by atoms with van der Waals surface area (Å²) in [6.45, 7) is 0. The van der Waals surface area contributed by atoms with E-state index in [1.165, 1.54) is 103 Å². The average molecular weight is 425 g/mol. The molecule has 0 unspecified atom stereocenters. The first kappa shape index (κ1) is 27.0. The molecule has 4 nitrogen and oxygen atoms in total. The fourth-order valence-electron chi connectivity index (χ4n) is 5.00. The Morgan fingerprint density at radius 1 is 0.467 bits per heavy atom. The lowest BCUT2D eigenvalue weighted by molar-refractivity contribution is -0.138. The van der Waals surface area contributed by atoms with Crippen molar-refractivity contribution in [2.75, 3.05) is 0 Å². The lowest BCUT2D eigenvalue weighted by Gasteiger charge is -2.28. The number of rotatable bonds is 20. The summed E-state index contributed by atoms with van der Waals surface area (Å²) < 4.78 is 0. The Labute approximate surface area is 185 Å². The Hall–Kier alpha value is -1.06. The van der Waals surface area contributed by atoms with Gasteiger partial charge in [-0.1, -0.05) is 116 Å². The van der Waals surface area contributed by atoms with E-state index >= 15 is 0 Å². The van der Waals surface area contributed by atoms with E-state index in [0.29, 0.717) is 12.8 Å². The second kappa shape index (κ2) is 18.7. The van der Waals surface area contributed by atoms with Gasteiger partial charge in [-0.2, -0.15) is 0 Å². The standard InChI is InChI=1S/C26H48O4/c27-25(28)17-13-9-5-1-3-7-11-15-23-19-21-24(22-20-23)16-12-8-4-2-6-10-14-18-26(29)30/h23-24H,1-22H2,(H,27,28)(H,29,30). The summed E-state index contributed by atoms with van der Waals surface area (Å²) in [6.07, 6.45) is 26.2. The van der Waals surface area contributed by atoms with E-state index in [2.05, 4.69) is 0 Å². The Bertz CT molecular complexity index is 387. The molecule has 0 amide bonds. The third-order valence-electron chi connectivity index (χ3n) is 6.97. The molecule has 0 bridgehead atoms. The zero-order chi connectivity index (χ0) is 21.9. The van der Waals surface area contributed by atoms with Crippen LogP contribution >= 0.6 is 0 Å². The summed E-state index contributed by atoms with van der Waals surface area (Å²) >= 11 is 0. The molecular formula is C26H48O4. The second-order valence-electron chi connectivity index (χ2n) is 9.70. The normalized spacial score (nSPS) is 19.1. The second-order valence-corrected chi connectivity index (χ2v) is 9.70. The van der Waals surface area contributed by atoms with Gasteiger partial charge in [0, 0.05) is 12.8 Å². The predicted molar refractivity (Wildman–Crippen MR) is 124 cm³/mol. The molecular weight excluding hydrogens is 376 g/mol.